The zero-order chi connectivity index (χ0) is 17.6. The van der Waals surface area contributed by atoms with Gasteiger partial charge in [0.1, 0.15) is 11.3 Å². The molecule has 1 fully saturated rings. The van der Waals surface area contributed by atoms with E-state index in [9.17, 15) is 9.59 Å². The highest BCUT2D eigenvalue weighted by Crippen LogP contribution is 2.42. The normalized spacial score (nSPS) is 21.6. The average molecular weight is 401 g/mol. The van der Waals surface area contributed by atoms with Gasteiger partial charge in [-0.3, -0.25) is 9.69 Å². The third-order valence-electron chi connectivity index (χ3n) is 4.99. The molecule has 128 valence electrons. The molecule has 3 amide bonds. The number of ether oxygens (including phenoxy) is 1. The SMILES string of the molecule is COc1ccc(Br)cc1CN1C(=O)N[C@@]2(CCc3ccccc32)C1=O. The summed E-state index contributed by atoms with van der Waals surface area (Å²) in [7, 11) is 1.58. The minimum absolute atomic E-state index is 0.178. The van der Waals surface area contributed by atoms with Crippen molar-refractivity contribution in [3.8, 4) is 5.75 Å². The Morgan fingerprint density at radius 1 is 1.24 bits per heavy atom. The molecule has 2 aromatic rings. The first-order valence-electron chi connectivity index (χ1n) is 8.10. The molecule has 0 bridgehead atoms. The van der Waals surface area contributed by atoms with E-state index in [1.165, 1.54) is 4.90 Å². The highest BCUT2D eigenvalue weighted by Gasteiger charge is 2.55. The number of carbonyl (C=O) groups is 2. The molecule has 1 spiro atoms. The quantitative estimate of drug-likeness (QED) is 0.803. The number of nitrogens with one attached hydrogen (secondary N) is 1. The molecule has 5 nitrogen and oxygen atoms in total. The van der Waals surface area contributed by atoms with Gasteiger partial charge < -0.3 is 10.1 Å². The number of halogens is 1. The average Bonchev–Trinajstić information content (AvgIpc) is 3.09. The van der Waals surface area contributed by atoms with Crippen molar-refractivity contribution in [3.05, 3.63) is 63.6 Å². The Bertz CT molecular complexity index is 883. The van der Waals surface area contributed by atoms with Gasteiger partial charge in [0.25, 0.3) is 5.91 Å². The minimum Gasteiger partial charge on any atom is -0.496 e. The number of fused-ring (bicyclic) bond motifs is 2. The van der Waals surface area contributed by atoms with E-state index in [1.807, 2.05) is 42.5 Å². The summed E-state index contributed by atoms with van der Waals surface area (Å²) < 4.78 is 6.24. The topological polar surface area (TPSA) is 58.6 Å². The number of imide groups is 1. The summed E-state index contributed by atoms with van der Waals surface area (Å²) in [5.41, 5.74) is 1.89. The summed E-state index contributed by atoms with van der Waals surface area (Å²) in [6, 6.07) is 13.0. The third kappa shape index (κ3) is 2.43. The summed E-state index contributed by atoms with van der Waals surface area (Å²) in [4.78, 5) is 27.1. The molecular formula is C19H17BrN2O3. The molecular weight excluding hydrogens is 384 g/mol. The molecule has 25 heavy (non-hydrogen) atoms. The van der Waals surface area contributed by atoms with Gasteiger partial charge in [0.05, 0.1) is 13.7 Å². The van der Waals surface area contributed by atoms with Crippen molar-refractivity contribution >= 4 is 27.9 Å². The second-order valence-electron chi connectivity index (χ2n) is 6.34. The lowest BCUT2D eigenvalue weighted by atomic mass is 9.92. The van der Waals surface area contributed by atoms with E-state index in [0.717, 1.165) is 27.6 Å². The fourth-order valence-electron chi connectivity index (χ4n) is 3.77. The molecule has 0 aromatic heterocycles. The summed E-state index contributed by atoms with van der Waals surface area (Å²) in [6.07, 6.45) is 1.39. The van der Waals surface area contributed by atoms with Gasteiger partial charge in [0, 0.05) is 10.0 Å². The van der Waals surface area contributed by atoms with E-state index in [2.05, 4.69) is 21.2 Å². The van der Waals surface area contributed by atoms with Gasteiger partial charge in [-0.25, -0.2) is 4.79 Å². The lowest BCUT2D eigenvalue weighted by Crippen LogP contribution is -2.41. The Kier molecular flexibility index (Phi) is 3.80. The number of hydrogen-bond donors (Lipinski definition) is 1. The molecule has 4 rings (SSSR count). The van der Waals surface area contributed by atoms with Crippen molar-refractivity contribution in [2.24, 2.45) is 0 Å². The summed E-state index contributed by atoms with van der Waals surface area (Å²) in [5.74, 6) is 0.459. The number of carbonyl (C=O) groups excluding carboxylic acids is 2. The van der Waals surface area contributed by atoms with Crippen LogP contribution in [0.4, 0.5) is 4.79 Å². The Labute approximate surface area is 154 Å². The molecule has 6 heteroatoms. The van der Waals surface area contributed by atoms with Crippen molar-refractivity contribution < 1.29 is 14.3 Å². The molecule has 1 atom stereocenters. The summed E-state index contributed by atoms with van der Waals surface area (Å²) in [5, 5.41) is 2.94. The number of aryl methyl sites for hydroxylation is 1. The summed E-state index contributed by atoms with van der Waals surface area (Å²) in [6.45, 7) is 0.178. The van der Waals surface area contributed by atoms with Crippen molar-refractivity contribution in [1.29, 1.82) is 0 Å². The van der Waals surface area contributed by atoms with Crippen LogP contribution in [0.3, 0.4) is 0 Å². The second kappa shape index (κ2) is 5.88. The Morgan fingerprint density at radius 3 is 2.84 bits per heavy atom. The van der Waals surface area contributed by atoms with Crippen molar-refractivity contribution in [1.82, 2.24) is 10.2 Å². The van der Waals surface area contributed by atoms with E-state index < -0.39 is 5.54 Å². The maximum absolute atomic E-state index is 13.2. The fraction of sp³-hybridized carbons (Fsp3) is 0.263. The third-order valence-corrected chi connectivity index (χ3v) is 5.49. The maximum atomic E-state index is 13.2. The van der Waals surface area contributed by atoms with Crippen LogP contribution in [0.15, 0.2) is 46.9 Å². The first-order chi connectivity index (χ1) is 12.0. The van der Waals surface area contributed by atoms with E-state index in [1.54, 1.807) is 7.11 Å². The number of amides is 3. The standard InChI is InChI=1S/C19H17BrN2O3/c1-25-16-7-6-14(20)10-13(16)11-22-17(23)19(21-18(22)24)9-8-12-4-2-3-5-15(12)19/h2-7,10H,8-9,11H2,1H3,(H,21,24)/t19-/m1/s1. The fourth-order valence-corrected chi connectivity index (χ4v) is 4.18. The summed E-state index contributed by atoms with van der Waals surface area (Å²) >= 11 is 3.43. The van der Waals surface area contributed by atoms with Crippen LogP contribution in [0.5, 0.6) is 5.75 Å². The monoisotopic (exact) mass is 400 g/mol. The Balaban J connectivity index is 1.69. The highest BCUT2D eigenvalue weighted by atomic mass is 79.9. The first-order valence-corrected chi connectivity index (χ1v) is 8.89. The Hall–Kier alpha value is -2.34. The largest absolute Gasteiger partial charge is 0.496 e. The van der Waals surface area contributed by atoms with E-state index in [-0.39, 0.29) is 18.5 Å². The predicted octanol–water partition coefficient (Wildman–Crippen LogP) is 3.35. The van der Waals surface area contributed by atoms with Gasteiger partial charge in [-0.05, 0) is 42.2 Å². The van der Waals surface area contributed by atoms with Crippen LogP contribution in [0, 0.1) is 0 Å². The van der Waals surface area contributed by atoms with Crippen LogP contribution < -0.4 is 10.1 Å². The molecule has 1 N–H and O–H groups in total. The number of benzene rings is 2. The number of methoxy groups -OCH3 is 1. The molecule has 1 heterocycles. The van der Waals surface area contributed by atoms with Gasteiger partial charge in [0.2, 0.25) is 0 Å². The van der Waals surface area contributed by atoms with Crippen molar-refractivity contribution in [2.45, 2.75) is 24.9 Å². The molecule has 0 unspecified atom stereocenters. The van der Waals surface area contributed by atoms with Gasteiger partial charge in [-0.15, -0.1) is 0 Å². The lowest BCUT2D eigenvalue weighted by molar-refractivity contribution is -0.132. The number of nitrogens with zero attached hydrogens (tertiary/aromatic N) is 1. The van der Waals surface area contributed by atoms with Crippen LogP contribution in [0.2, 0.25) is 0 Å². The molecule has 1 saturated heterocycles. The van der Waals surface area contributed by atoms with Gasteiger partial charge in [0.15, 0.2) is 0 Å². The maximum Gasteiger partial charge on any atom is 0.325 e. The van der Waals surface area contributed by atoms with E-state index in [0.29, 0.717) is 12.2 Å². The molecule has 0 saturated carbocycles. The van der Waals surface area contributed by atoms with Crippen LogP contribution >= 0.6 is 15.9 Å². The van der Waals surface area contributed by atoms with Crippen LogP contribution in [-0.4, -0.2) is 23.9 Å². The van der Waals surface area contributed by atoms with Gasteiger partial charge in [-0.1, -0.05) is 40.2 Å². The van der Waals surface area contributed by atoms with Crippen LogP contribution in [-0.2, 0) is 23.3 Å². The highest BCUT2D eigenvalue weighted by molar-refractivity contribution is 9.10. The van der Waals surface area contributed by atoms with E-state index >= 15 is 0 Å². The first kappa shape index (κ1) is 16.1. The smallest absolute Gasteiger partial charge is 0.325 e. The lowest BCUT2D eigenvalue weighted by Gasteiger charge is -2.22. The molecule has 0 radical (unpaired) electrons. The molecule has 1 aliphatic carbocycles. The van der Waals surface area contributed by atoms with Gasteiger partial charge >= 0.3 is 6.03 Å². The van der Waals surface area contributed by atoms with Crippen molar-refractivity contribution in [3.63, 3.8) is 0 Å². The minimum atomic E-state index is -0.924. The molecule has 2 aromatic carbocycles. The zero-order valence-corrected chi connectivity index (χ0v) is 15.3. The second-order valence-corrected chi connectivity index (χ2v) is 7.26. The number of urea groups is 1. The predicted molar refractivity (Wildman–Crippen MR) is 96.2 cm³/mol. The van der Waals surface area contributed by atoms with Gasteiger partial charge in [-0.2, -0.15) is 0 Å². The molecule has 1 aliphatic heterocycles. The number of hydrogen-bond acceptors (Lipinski definition) is 3. The Morgan fingerprint density at radius 2 is 2.04 bits per heavy atom. The molecule has 2 aliphatic rings. The van der Waals surface area contributed by atoms with Crippen LogP contribution in [0.25, 0.3) is 0 Å². The van der Waals surface area contributed by atoms with Crippen molar-refractivity contribution in [2.75, 3.05) is 7.11 Å². The van der Waals surface area contributed by atoms with E-state index in [4.69, 9.17) is 4.74 Å². The van der Waals surface area contributed by atoms with Crippen LogP contribution in [0.1, 0.15) is 23.1 Å². The zero-order valence-electron chi connectivity index (χ0n) is 13.7. The number of rotatable bonds is 3.